The highest BCUT2D eigenvalue weighted by Gasteiger charge is 2.17. The summed E-state index contributed by atoms with van der Waals surface area (Å²) in [7, 11) is 3.15. The molecule has 0 aliphatic carbocycles. The first-order valence-electron chi connectivity index (χ1n) is 10.3. The minimum absolute atomic E-state index is 0.0781. The number of nitrogens with two attached hydrogens (primary N) is 1. The summed E-state index contributed by atoms with van der Waals surface area (Å²) in [4.78, 5) is 12.7. The fourth-order valence-electron chi connectivity index (χ4n) is 3.67. The molecule has 9 nitrogen and oxygen atoms in total. The van der Waals surface area contributed by atoms with Crippen molar-refractivity contribution < 1.29 is 18.7 Å². The Bertz CT molecular complexity index is 1510. The minimum Gasteiger partial charge on any atom is -0.497 e. The lowest BCUT2D eigenvalue weighted by atomic mass is 10.1. The second kappa shape index (κ2) is 8.99. The van der Waals surface area contributed by atoms with Gasteiger partial charge in [-0.2, -0.15) is 0 Å². The zero-order valence-electron chi connectivity index (χ0n) is 18.4. The molecule has 2 heterocycles. The Morgan fingerprint density at radius 3 is 2.71 bits per heavy atom. The summed E-state index contributed by atoms with van der Waals surface area (Å²) in [5, 5.41) is 13.5. The zero-order chi connectivity index (χ0) is 23.7. The Balaban J connectivity index is 1.32. The monoisotopic (exact) mass is 475 g/mol. The number of carbonyl (C=O) groups excluding carboxylic acids is 1. The van der Waals surface area contributed by atoms with Gasteiger partial charge < -0.3 is 25.1 Å². The Morgan fingerprint density at radius 2 is 1.88 bits per heavy atom. The van der Waals surface area contributed by atoms with Crippen LogP contribution in [-0.4, -0.2) is 40.8 Å². The number of rotatable bonds is 7. The summed E-state index contributed by atoms with van der Waals surface area (Å²) >= 11 is 1.18. The van der Waals surface area contributed by atoms with Gasteiger partial charge in [-0.25, -0.2) is 4.68 Å². The van der Waals surface area contributed by atoms with E-state index >= 15 is 0 Å². The van der Waals surface area contributed by atoms with Gasteiger partial charge in [0.15, 0.2) is 5.82 Å². The van der Waals surface area contributed by atoms with Gasteiger partial charge in [-0.1, -0.05) is 42.1 Å². The number of nitrogens with one attached hydrogen (secondary N) is 1. The lowest BCUT2D eigenvalue weighted by Crippen LogP contribution is -2.16. The maximum atomic E-state index is 12.7. The number of fused-ring (bicyclic) bond motifs is 3. The number of aromatic nitrogens is 3. The van der Waals surface area contributed by atoms with Gasteiger partial charge >= 0.3 is 0 Å². The van der Waals surface area contributed by atoms with Crippen molar-refractivity contribution in [1.29, 1.82) is 0 Å². The molecule has 0 fully saturated rings. The van der Waals surface area contributed by atoms with Crippen molar-refractivity contribution >= 4 is 45.3 Å². The molecule has 3 aromatic carbocycles. The van der Waals surface area contributed by atoms with E-state index in [1.807, 2.05) is 54.6 Å². The molecular weight excluding hydrogens is 454 g/mol. The second-order valence-electron chi connectivity index (χ2n) is 7.39. The Labute approximate surface area is 198 Å². The molecule has 0 atom stereocenters. The maximum absolute atomic E-state index is 12.7. The third-order valence-corrected chi connectivity index (χ3v) is 6.24. The van der Waals surface area contributed by atoms with Crippen molar-refractivity contribution in [2.24, 2.45) is 0 Å². The van der Waals surface area contributed by atoms with E-state index in [1.54, 1.807) is 20.3 Å². The van der Waals surface area contributed by atoms with Crippen LogP contribution < -0.4 is 20.6 Å². The lowest BCUT2D eigenvalue weighted by Gasteiger charge is -2.10. The number of amides is 1. The molecule has 5 rings (SSSR count). The van der Waals surface area contributed by atoms with Crippen LogP contribution in [0.15, 0.2) is 70.2 Å². The molecular formula is C24H21N5O4S. The molecule has 3 N–H and O–H groups in total. The van der Waals surface area contributed by atoms with Crippen LogP contribution in [0.25, 0.3) is 33.3 Å². The topological polar surface area (TPSA) is 117 Å². The molecule has 2 aromatic heterocycles. The molecule has 0 bridgehead atoms. The van der Waals surface area contributed by atoms with Gasteiger partial charge in [0.25, 0.3) is 0 Å². The van der Waals surface area contributed by atoms with Crippen LogP contribution >= 0.6 is 11.8 Å². The van der Waals surface area contributed by atoms with Gasteiger partial charge in [-0.15, -0.1) is 10.2 Å². The van der Waals surface area contributed by atoms with Crippen LogP contribution in [0.1, 0.15) is 0 Å². The summed E-state index contributed by atoms with van der Waals surface area (Å²) in [6.07, 6.45) is 0. The third kappa shape index (κ3) is 3.99. The smallest absolute Gasteiger partial charge is 0.234 e. The molecule has 0 saturated heterocycles. The Morgan fingerprint density at radius 1 is 1.03 bits per heavy atom. The van der Waals surface area contributed by atoms with Gasteiger partial charge in [-0.3, -0.25) is 4.79 Å². The number of methoxy groups -OCH3 is 2. The highest BCUT2D eigenvalue weighted by molar-refractivity contribution is 7.99. The third-order valence-electron chi connectivity index (χ3n) is 5.30. The zero-order valence-corrected chi connectivity index (χ0v) is 19.3. The van der Waals surface area contributed by atoms with Crippen molar-refractivity contribution in [2.45, 2.75) is 5.16 Å². The fraction of sp³-hybridized carbons (Fsp3) is 0.125. The van der Waals surface area contributed by atoms with Crippen LogP contribution in [-0.2, 0) is 4.79 Å². The minimum atomic E-state index is -0.246. The first-order valence-corrected chi connectivity index (χ1v) is 11.3. The summed E-state index contributed by atoms with van der Waals surface area (Å²) in [5.41, 5.74) is 2.71. The van der Waals surface area contributed by atoms with Gasteiger partial charge in [-0.05, 0) is 24.3 Å². The van der Waals surface area contributed by atoms with Crippen LogP contribution in [0.3, 0.4) is 0 Å². The molecule has 10 heteroatoms. The summed E-state index contributed by atoms with van der Waals surface area (Å²) in [5.74, 6) is 7.71. The predicted octanol–water partition coefficient (Wildman–Crippen LogP) is 4.31. The fourth-order valence-corrected chi connectivity index (χ4v) is 4.33. The number of carbonyl (C=O) groups is 1. The standard InChI is InChI=1S/C24H21N5O4S/c1-31-15-7-5-6-14(10-15)23-27-28-24(29(23)25)34-13-22(30)26-18-12-20-17(11-21(18)32-2)16-8-3-4-9-19(16)33-20/h3-12H,13,25H2,1-2H3,(H,26,30). The number of para-hydroxylation sites is 1. The van der Waals surface area contributed by atoms with Gasteiger partial charge in [0.05, 0.1) is 25.7 Å². The van der Waals surface area contributed by atoms with E-state index < -0.39 is 0 Å². The number of hydrogen-bond donors (Lipinski definition) is 2. The largest absolute Gasteiger partial charge is 0.497 e. The number of nitrogen functional groups attached to an aromatic ring is 1. The van der Waals surface area contributed by atoms with Crippen LogP contribution in [0.2, 0.25) is 0 Å². The van der Waals surface area contributed by atoms with Gasteiger partial charge in [0, 0.05) is 22.4 Å². The number of nitrogens with zero attached hydrogens (tertiary/aromatic N) is 3. The van der Waals surface area contributed by atoms with Crippen molar-refractivity contribution in [3.8, 4) is 22.9 Å². The normalized spacial score (nSPS) is 11.1. The molecule has 1 amide bonds. The van der Waals surface area contributed by atoms with Gasteiger partial charge in [0.2, 0.25) is 11.1 Å². The van der Waals surface area contributed by atoms with Crippen LogP contribution in [0.5, 0.6) is 11.5 Å². The molecule has 0 saturated carbocycles. The molecule has 5 aromatic rings. The molecule has 0 aliphatic rings. The van der Waals surface area contributed by atoms with E-state index in [1.165, 1.54) is 16.4 Å². The SMILES string of the molecule is COc1cccc(-c2nnc(SCC(=O)Nc3cc4oc5ccccc5c4cc3OC)n2N)c1. The number of hydrogen-bond acceptors (Lipinski definition) is 8. The van der Waals surface area contributed by atoms with E-state index in [2.05, 4.69) is 15.5 Å². The number of benzene rings is 3. The molecule has 34 heavy (non-hydrogen) atoms. The summed E-state index contributed by atoms with van der Waals surface area (Å²) in [6, 6.07) is 18.7. The molecule has 0 unspecified atom stereocenters. The number of thioether (sulfide) groups is 1. The van der Waals surface area contributed by atoms with Crippen LogP contribution in [0, 0.1) is 0 Å². The number of anilines is 1. The van der Waals surface area contributed by atoms with E-state index in [0.717, 1.165) is 21.9 Å². The molecule has 0 aliphatic heterocycles. The Hall–Kier alpha value is -4.18. The van der Waals surface area contributed by atoms with E-state index in [9.17, 15) is 4.79 Å². The van der Waals surface area contributed by atoms with Crippen LogP contribution in [0.4, 0.5) is 5.69 Å². The maximum Gasteiger partial charge on any atom is 0.234 e. The molecule has 172 valence electrons. The second-order valence-corrected chi connectivity index (χ2v) is 8.33. The average molecular weight is 476 g/mol. The first-order chi connectivity index (χ1) is 16.6. The van der Waals surface area contributed by atoms with Gasteiger partial charge in [0.1, 0.15) is 22.7 Å². The van der Waals surface area contributed by atoms with E-state index in [0.29, 0.717) is 33.8 Å². The highest BCUT2D eigenvalue weighted by atomic mass is 32.2. The number of furan rings is 1. The van der Waals surface area contributed by atoms with E-state index in [-0.39, 0.29) is 11.7 Å². The highest BCUT2D eigenvalue weighted by Crippen LogP contribution is 2.36. The summed E-state index contributed by atoms with van der Waals surface area (Å²) in [6.45, 7) is 0. The van der Waals surface area contributed by atoms with Crippen molar-refractivity contribution in [2.75, 3.05) is 31.1 Å². The predicted molar refractivity (Wildman–Crippen MR) is 132 cm³/mol. The van der Waals surface area contributed by atoms with E-state index in [4.69, 9.17) is 19.7 Å². The molecule has 0 spiro atoms. The lowest BCUT2D eigenvalue weighted by molar-refractivity contribution is -0.113. The quantitative estimate of drug-likeness (QED) is 0.264. The van der Waals surface area contributed by atoms with Crippen molar-refractivity contribution in [1.82, 2.24) is 14.9 Å². The first kappa shape index (κ1) is 21.7. The van der Waals surface area contributed by atoms with Crippen molar-refractivity contribution in [3.63, 3.8) is 0 Å². The Kier molecular flexibility index (Phi) is 5.72. The number of ether oxygens (including phenoxy) is 2. The average Bonchev–Trinajstić information content (AvgIpc) is 3.41. The molecule has 0 radical (unpaired) electrons. The van der Waals surface area contributed by atoms with Crippen molar-refractivity contribution in [3.05, 3.63) is 60.7 Å². The summed E-state index contributed by atoms with van der Waals surface area (Å²) < 4.78 is 18.0.